The fourth-order valence-electron chi connectivity index (χ4n) is 2.12. The van der Waals surface area contributed by atoms with Crippen molar-refractivity contribution in [1.29, 1.82) is 0 Å². The molecule has 8 heteroatoms. The number of nitrogens with one attached hydrogen (secondary N) is 2. The van der Waals surface area contributed by atoms with Crippen LogP contribution in [0.1, 0.15) is 21.5 Å². The molecule has 0 unspecified atom stereocenters. The van der Waals surface area contributed by atoms with Crippen LogP contribution >= 0.6 is 27.7 Å². The summed E-state index contributed by atoms with van der Waals surface area (Å²) in [6.45, 7) is 0.132. The zero-order valence-corrected chi connectivity index (χ0v) is 15.4. The number of nitrogens with zero attached hydrogens (tertiary/aromatic N) is 2. The third-order valence-corrected chi connectivity index (χ3v) is 4.87. The lowest BCUT2D eigenvalue weighted by atomic mass is 10.1. The van der Waals surface area contributed by atoms with Gasteiger partial charge in [-0.05, 0) is 35.9 Å². The molecule has 0 saturated carbocycles. The molecule has 0 atom stereocenters. The number of aromatic amines is 1. The zero-order chi connectivity index (χ0) is 17.6. The first kappa shape index (κ1) is 17.6. The minimum Gasteiger partial charge on any atom is -0.348 e. The molecule has 3 rings (SSSR count). The zero-order valence-electron chi connectivity index (χ0n) is 13.0. The third kappa shape index (κ3) is 4.90. The normalized spacial score (nSPS) is 10.6. The highest BCUT2D eigenvalue weighted by Gasteiger charge is 2.08. The van der Waals surface area contributed by atoms with Crippen molar-refractivity contribution in [3.05, 3.63) is 75.8 Å². The Balaban J connectivity index is 1.56. The summed E-state index contributed by atoms with van der Waals surface area (Å²) in [5.41, 5.74) is 2.03. The number of thioether (sulfide) groups is 1. The molecule has 0 spiro atoms. The van der Waals surface area contributed by atoms with Crippen LogP contribution in [-0.4, -0.2) is 21.1 Å². The van der Waals surface area contributed by atoms with E-state index < -0.39 is 0 Å². The van der Waals surface area contributed by atoms with Crippen molar-refractivity contribution in [2.45, 2.75) is 17.5 Å². The van der Waals surface area contributed by atoms with Gasteiger partial charge in [-0.25, -0.2) is 9.37 Å². The average molecular weight is 421 g/mol. The molecular formula is C17H14BrFN4OS. The highest BCUT2D eigenvalue weighted by molar-refractivity contribution is 9.10. The Morgan fingerprint density at radius 1 is 1.24 bits per heavy atom. The second-order valence-electron chi connectivity index (χ2n) is 5.19. The number of amides is 1. The van der Waals surface area contributed by atoms with Crippen LogP contribution in [0, 0.1) is 5.82 Å². The lowest BCUT2D eigenvalue weighted by Crippen LogP contribution is -2.23. The Morgan fingerprint density at radius 2 is 2.04 bits per heavy atom. The second-order valence-corrected chi connectivity index (χ2v) is 7.07. The van der Waals surface area contributed by atoms with Crippen molar-refractivity contribution in [3.8, 4) is 0 Å². The standard InChI is InChI=1S/C17H14BrFN4OS/c18-14-5-6-15(19)13(7-14)8-20-16(24)12-3-1-11(2-4-12)9-25-17-21-10-22-23-17/h1-7,10H,8-9H2,(H,20,24)(H,21,22,23). The van der Waals surface area contributed by atoms with E-state index in [1.165, 1.54) is 24.2 Å². The molecule has 1 amide bonds. The molecule has 2 aromatic carbocycles. The Kier molecular flexibility index (Phi) is 5.83. The topological polar surface area (TPSA) is 70.7 Å². The molecule has 0 saturated heterocycles. The molecule has 0 aliphatic carbocycles. The highest BCUT2D eigenvalue weighted by atomic mass is 79.9. The number of aromatic nitrogens is 3. The molecule has 1 aromatic heterocycles. The number of rotatable bonds is 6. The summed E-state index contributed by atoms with van der Waals surface area (Å²) < 4.78 is 14.5. The summed E-state index contributed by atoms with van der Waals surface area (Å²) in [6, 6.07) is 11.9. The first-order valence-electron chi connectivity index (χ1n) is 7.41. The van der Waals surface area contributed by atoms with Gasteiger partial charge in [0.05, 0.1) is 0 Å². The monoisotopic (exact) mass is 420 g/mol. The van der Waals surface area contributed by atoms with Gasteiger partial charge in [0.15, 0.2) is 5.16 Å². The molecule has 0 bridgehead atoms. The summed E-state index contributed by atoms with van der Waals surface area (Å²) >= 11 is 4.82. The van der Waals surface area contributed by atoms with Gasteiger partial charge in [-0.1, -0.05) is 39.8 Å². The number of hydrogen-bond donors (Lipinski definition) is 2. The predicted molar refractivity (Wildman–Crippen MR) is 97.7 cm³/mol. The molecule has 0 radical (unpaired) electrons. The Labute approximate surface area is 156 Å². The highest BCUT2D eigenvalue weighted by Crippen LogP contribution is 2.19. The minimum atomic E-state index is -0.344. The molecule has 0 aliphatic rings. The van der Waals surface area contributed by atoms with Crippen molar-refractivity contribution in [3.63, 3.8) is 0 Å². The van der Waals surface area contributed by atoms with E-state index in [1.807, 2.05) is 12.1 Å². The number of H-pyrrole nitrogens is 1. The van der Waals surface area contributed by atoms with E-state index in [1.54, 1.807) is 24.3 Å². The predicted octanol–water partition coefficient (Wildman–Crippen LogP) is 3.93. The fourth-order valence-corrected chi connectivity index (χ4v) is 3.27. The molecule has 3 aromatic rings. The first-order valence-corrected chi connectivity index (χ1v) is 9.19. The van der Waals surface area contributed by atoms with E-state index in [4.69, 9.17) is 0 Å². The van der Waals surface area contributed by atoms with E-state index in [0.717, 1.165) is 20.9 Å². The van der Waals surface area contributed by atoms with Gasteiger partial charge < -0.3 is 5.32 Å². The Morgan fingerprint density at radius 3 is 2.76 bits per heavy atom. The maximum absolute atomic E-state index is 13.7. The first-order chi connectivity index (χ1) is 12.1. The summed E-state index contributed by atoms with van der Waals surface area (Å²) in [6.07, 6.45) is 1.46. The number of halogens is 2. The Hall–Kier alpha value is -2.19. The van der Waals surface area contributed by atoms with Crippen LogP contribution in [0.3, 0.4) is 0 Å². The van der Waals surface area contributed by atoms with Gasteiger partial charge in [-0.3, -0.25) is 9.89 Å². The molecule has 25 heavy (non-hydrogen) atoms. The van der Waals surface area contributed by atoms with Gasteiger partial charge in [0.25, 0.3) is 5.91 Å². The van der Waals surface area contributed by atoms with Gasteiger partial charge in [0.2, 0.25) is 0 Å². The summed E-state index contributed by atoms with van der Waals surface area (Å²) in [7, 11) is 0. The van der Waals surface area contributed by atoms with Gasteiger partial charge >= 0.3 is 0 Å². The van der Waals surface area contributed by atoms with Gasteiger partial charge in [0, 0.05) is 27.9 Å². The number of carbonyl (C=O) groups is 1. The smallest absolute Gasteiger partial charge is 0.251 e. The van der Waals surface area contributed by atoms with Crippen molar-refractivity contribution in [2.75, 3.05) is 0 Å². The van der Waals surface area contributed by atoms with Gasteiger partial charge in [0.1, 0.15) is 12.1 Å². The van der Waals surface area contributed by atoms with E-state index >= 15 is 0 Å². The van der Waals surface area contributed by atoms with Gasteiger partial charge in [-0.2, -0.15) is 5.10 Å². The summed E-state index contributed by atoms with van der Waals surface area (Å²) in [4.78, 5) is 16.2. The number of benzene rings is 2. The van der Waals surface area contributed by atoms with Crippen molar-refractivity contribution in [1.82, 2.24) is 20.5 Å². The Bertz CT molecular complexity index is 856. The molecule has 1 heterocycles. The van der Waals surface area contributed by atoms with E-state index in [9.17, 15) is 9.18 Å². The molecular weight excluding hydrogens is 407 g/mol. The van der Waals surface area contributed by atoms with Crippen LogP contribution in [0.2, 0.25) is 0 Å². The maximum Gasteiger partial charge on any atom is 0.251 e. The second kappa shape index (κ2) is 8.26. The molecule has 0 fully saturated rings. The SMILES string of the molecule is O=C(NCc1cc(Br)ccc1F)c1ccc(CSc2ncn[nH]2)cc1. The summed E-state index contributed by atoms with van der Waals surface area (Å²) in [5.74, 6) is 0.137. The van der Waals surface area contributed by atoms with Crippen LogP contribution in [-0.2, 0) is 12.3 Å². The van der Waals surface area contributed by atoms with Gasteiger partial charge in [-0.15, -0.1) is 0 Å². The molecule has 0 aliphatic heterocycles. The fraction of sp³-hybridized carbons (Fsp3) is 0.118. The van der Waals surface area contributed by atoms with Crippen LogP contribution in [0.4, 0.5) is 4.39 Å². The molecule has 128 valence electrons. The van der Waals surface area contributed by atoms with E-state index in [0.29, 0.717) is 11.1 Å². The van der Waals surface area contributed by atoms with Crippen LogP contribution in [0.5, 0.6) is 0 Å². The molecule has 5 nitrogen and oxygen atoms in total. The van der Waals surface area contributed by atoms with Crippen molar-refractivity contribution >= 4 is 33.6 Å². The third-order valence-electron chi connectivity index (χ3n) is 3.43. The van der Waals surface area contributed by atoms with E-state index in [2.05, 4.69) is 36.4 Å². The van der Waals surface area contributed by atoms with Crippen LogP contribution < -0.4 is 5.32 Å². The number of carbonyl (C=O) groups excluding carboxylic acids is 1. The largest absolute Gasteiger partial charge is 0.348 e. The van der Waals surface area contributed by atoms with Crippen molar-refractivity contribution in [2.24, 2.45) is 0 Å². The quantitative estimate of drug-likeness (QED) is 0.592. The van der Waals surface area contributed by atoms with E-state index in [-0.39, 0.29) is 18.3 Å². The summed E-state index contributed by atoms with van der Waals surface area (Å²) in [5, 5.41) is 10.0. The average Bonchev–Trinajstić information content (AvgIpc) is 3.14. The van der Waals surface area contributed by atoms with Crippen LogP contribution in [0.25, 0.3) is 0 Å². The van der Waals surface area contributed by atoms with Crippen molar-refractivity contribution < 1.29 is 9.18 Å². The minimum absolute atomic E-state index is 0.132. The maximum atomic E-state index is 13.7. The lowest BCUT2D eigenvalue weighted by molar-refractivity contribution is 0.0950. The number of hydrogen-bond acceptors (Lipinski definition) is 4. The molecule has 2 N–H and O–H groups in total. The van der Waals surface area contributed by atoms with Crippen LogP contribution in [0.15, 0.2) is 58.4 Å². The lowest BCUT2D eigenvalue weighted by Gasteiger charge is -2.08.